The average Bonchev–Trinajstić information content (AvgIpc) is 2.76. The van der Waals surface area contributed by atoms with Crippen LogP contribution < -0.4 is 21.7 Å². The summed E-state index contributed by atoms with van der Waals surface area (Å²) in [5.41, 5.74) is 11.3. The zero-order chi connectivity index (χ0) is 25.0. The first-order valence-electron chi connectivity index (χ1n) is 10.3. The van der Waals surface area contributed by atoms with Crippen LogP contribution in [0.4, 0.5) is 0 Å². The van der Waals surface area contributed by atoms with E-state index in [9.17, 15) is 50.4 Å². The molecule has 12 atom stereocenters. The van der Waals surface area contributed by atoms with E-state index in [4.69, 9.17) is 20.9 Å². The Balaban J connectivity index is 0.000000543. The van der Waals surface area contributed by atoms with Crippen LogP contribution in [-0.4, -0.2) is 116 Å². The molecule has 3 rings (SSSR count). The van der Waals surface area contributed by atoms with Gasteiger partial charge in [-0.3, -0.25) is 0 Å². The minimum atomic E-state index is -2.14. The van der Waals surface area contributed by atoms with E-state index in [0.29, 0.717) is 0 Å². The Morgan fingerprint density at radius 1 is 0.735 bits per heavy atom. The fourth-order valence-corrected chi connectivity index (χ4v) is 3.69. The maximum atomic E-state index is 11.1. The Kier molecular flexibility index (Phi) is 12.4. The summed E-state index contributed by atoms with van der Waals surface area (Å²) < 4.78 is 14.2. The number of hydrogen-bond acceptors (Lipinski definition) is 15. The summed E-state index contributed by atoms with van der Waals surface area (Å²) in [5, 5.41) is 79.6. The zero-order valence-corrected chi connectivity index (χ0v) is 20.0. The summed E-state index contributed by atoms with van der Waals surface area (Å²) in [7, 11) is 0. The molecule has 10 N–H and O–H groups in total. The molecule has 0 radical (unpaired) electrons. The number of aliphatic carboxylic acids is 2. The number of carboxylic acid groups (broad SMARTS) is 2. The largest absolute Gasteiger partial charge is 2.00 e. The van der Waals surface area contributed by atoms with E-state index in [1.54, 1.807) is 0 Å². The van der Waals surface area contributed by atoms with Crippen LogP contribution >= 0.6 is 0 Å². The molecule has 3 fully saturated rings. The molecule has 0 bridgehead atoms. The van der Waals surface area contributed by atoms with Crippen molar-refractivity contribution in [3.63, 3.8) is 0 Å². The smallest absolute Gasteiger partial charge is 0.547 e. The van der Waals surface area contributed by atoms with Crippen LogP contribution in [0.5, 0.6) is 0 Å². The number of carbonyl (C=O) groups is 2. The van der Waals surface area contributed by atoms with Crippen LogP contribution in [-0.2, 0) is 44.9 Å². The van der Waals surface area contributed by atoms with Gasteiger partial charge >= 0.3 is 21.1 Å². The first-order valence-corrected chi connectivity index (χ1v) is 10.3. The molecule has 0 aromatic rings. The van der Waals surface area contributed by atoms with E-state index >= 15 is 0 Å². The first kappa shape index (κ1) is 31.2. The summed E-state index contributed by atoms with van der Waals surface area (Å²) in [4.78, 5) is 21.9. The Bertz CT molecular complexity index is 666. The molecular weight excluding hydrogens is 647 g/mol. The van der Waals surface area contributed by atoms with E-state index in [1.807, 2.05) is 0 Å². The normalized spacial score (nSPS) is 44.7. The second-order valence-corrected chi connectivity index (χ2v) is 8.18. The van der Waals surface area contributed by atoms with E-state index in [1.165, 1.54) is 12.8 Å². The molecule has 15 nitrogen and oxygen atoms in total. The molecule has 16 heteroatoms. The van der Waals surface area contributed by atoms with E-state index in [2.05, 4.69) is 4.74 Å². The molecule has 200 valence electrons. The topological polar surface area (TPSA) is 281 Å². The van der Waals surface area contributed by atoms with Crippen LogP contribution in [0.1, 0.15) is 25.7 Å². The molecule has 3 aliphatic rings. The van der Waals surface area contributed by atoms with Crippen LogP contribution in [0.3, 0.4) is 0 Å². The minimum absolute atomic E-state index is 0. The van der Waals surface area contributed by atoms with Gasteiger partial charge in [-0.25, -0.2) is 0 Å². The molecule has 2 heterocycles. The molecule has 2 aliphatic heterocycles. The van der Waals surface area contributed by atoms with Gasteiger partial charge in [0, 0.05) is 12.1 Å². The summed E-state index contributed by atoms with van der Waals surface area (Å²) in [6, 6.07) is 0.562. The maximum absolute atomic E-state index is 11.1. The number of carbonyl (C=O) groups excluding carboxylic acids is 2. The van der Waals surface area contributed by atoms with Crippen molar-refractivity contribution in [2.24, 2.45) is 11.5 Å². The Morgan fingerprint density at radius 3 is 1.68 bits per heavy atom. The Hall–Kier alpha value is -0.812. The molecular formula is C18H30N2O13Pt. The number of aliphatic hydroxyl groups excluding tert-OH is 6. The van der Waals surface area contributed by atoms with Gasteiger partial charge in [-0.1, -0.05) is 12.8 Å². The molecule has 0 aromatic heterocycles. The van der Waals surface area contributed by atoms with Crippen LogP contribution in [0, 0.1) is 0 Å². The standard InChI is InChI=1S/C12H18O13.C6H14N2.Pt/c13-1-2(14)7(9(18)19)25-12(5(1)17)24-6-3(15)4(16)11(22)23-8(6)10(20)21;7-5-3-1-2-4-6(5)8;/h1-8,11-17,22H,(H,18,19)(H,20,21);5-6H,1-4,7-8H2;/q;;+2/p-2/t1-,2-,3+,4+,5+,6-,7-,8-,11-,12-;5-,6-;/m01./s1. The molecule has 0 aromatic carbocycles. The average molecular weight is 678 g/mol. The number of carboxylic acids is 2. The fraction of sp³-hybridized carbons (Fsp3) is 0.889. The van der Waals surface area contributed by atoms with Crippen LogP contribution in [0.25, 0.3) is 0 Å². The molecule has 0 amide bonds. The van der Waals surface area contributed by atoms with Crippen molar-refractivity contribution in [1.29, 1.82) is 0 Å². The number of hydrogen-bond donors (Lipinski definition) is 8. The van der Waals surface area contributed by atoms with Crippen molar-refractivity contribution in [3.05, 3.63) is 0 Å². The van der Waals surface area contributed by atoms with Crippen molar-refractivity contribution in [3.8, 4) is 0 Å². The van der Waals surface area contributed by atoms with E-state index < -0.39 is 73.4 Å². The van der Waals surface area contributed by atoms with Gasteiger partial charge in [0.05, 0.1) is 11.9 Å². The summed E-state index contributed by atoms with van der Waals surface area (Å²) in [6.45, 7) is 0. The number of nitrogens with two attached hydrogens (primary N) is 2. The van der Waals surface area contributed by atoms with Crippen LogP contribution in [0.2, 0.25) is 0 Å². The quantitative estimate of drug-likeness (QED) is 0.137. The second-order valence-electron chi connectivity index (χ2n) is 8.18. The summed E-state index contributed by atoms with van der Waals surface area (Å²) >= 11 is 0. The SMILES string of the molecule is N[C@@H]1CCCC[C@H]1N.O=C([O-])[C@H]1O[C@H](O[C@H]2[C@H](O)[C@@H](O)[C@@H](O)O[C@@H]2C(=O)[O-])[C@H](O)[C@@H](O)[C@@H]1O.[Pt+2]. The zero-order valence-electron chi connectivity index (χ0n) is 17.8. The Morgan fingerprint density at radius 2 is 1.24 bits per heavy atom. The van der Waals surface area contributed by atoms with Crippen molar-refractivity contribution < 1.29 is 85.7 Å². The summed E-state index contributed by atoms with van der Waals surface area (Å²) in [5.74, 6) is -3.92. The molecule has 34 heavy (non-hydrogen) atoms. The number of rotatable bonds is 4. The van der Waals surface area contributed by atoms with E-state index in [0.717, 1.165) is 12.8 Å². The van der Waals surface area contributed by atoms with Gasteiger partial charge in [0.15, 0.2) is 12.6 Å². The van der Waals surface area contributed by atoms with Gasteiger partial charge in [0.25, 0.3) is 0 Å². The van der Waals surface area contributed by atoms with Gasteiger partial charge in [0.1, 0.15) is 48.8 Å². The van der Waals surface area contributed by atoms with Crippen molar-refractivity contribution in [2.45, 2.75) is 99.2 Å². The van der Waals surface area contributed by atoms with Gasteiger partial charge in [-0.2, -0.15) is 0 Å². The van der Waals surface area contributed by atoms with Crippen LogP contribution in [0.15, 0.2) is 0 Å². The predicted molar refractivity (Wildman–Crippen MR) is 98.9 cm³/mol. The fourth-order valence-electron chi connectivity index (χ4n) is 3.69. The third-order valence-corrected chi connectivity index (χ3v) is 5.76. The summed E-state index contributed by atoms with van der Waals surface area (Å²) in [6.07, 6.45) is -15.8. The Labute approximate surface area is 208 Å². The van der Waals surface area contributed by atoms with Crippen molar-refractivity contribution in [2.75, 3.05) is 0 Å². The monoisotopic (exact) mass is 677 g/mol. The maximum Gasteiger partial charge on any atom is 2.00 e. The van der Waals surface area contributed by atoms with Crippen molar-refractivity contribution in [1.82, 2.24) is 0 Å². The van der Waals surface area contributed by atoms with Gasteiger partial charge in [0.2, 0.25) is 0 Å². The second kappa shape index (κ2) is 13.5. The van der Waals surface area contributed by atoms with Gasteiger partial charge < -0.3 is 76.1 Å². The minimum Gasteiger partial charge on any atom is -0.547 e. The van der Waals surface area contributed by atoms with Crippen molar-refractivity contribution >= 4 is 11.9 Å². The number of aliphatic hydroxyl groups is 6. The molecule has 1 saturated carbocycles. The third kappa shape index (κ3) is 7.35. The van der Waals surface area contributed by atoms with Gasteiger partial charge in [-0.05, 0) is 12.8 Å². The molecule has 1 aliphatic carbocycles. The molecule has 0 spiro atoms. The van der Waals surface area contributed by atoms with Gasteiger partial charge in [-0.15, -0.1) is 0 Å². The number of ether oxygens (including phenoxy) is 3. The third-order valence-electron chi connectivity index (χ3n) is 5.76. The first-order chi connectivity index (χ1) is 15.4. The predicted octanol–water partition coefficient (Wildman–Crippen LogP) is -7.67. The molecule has 2 saturated heterocycles. The molecule has 0 unspecified atom stereocenters. The van der Waals surface area contributed by atoms with E-state index in [-0.39, 0.29) is 33.1 Å².